The summed E-state index contributed by atoms with van der Waals surface area (Å²) in [6, 6.07) is -2.59. The van der Waals surface area contributed by atoms with Crippen LogP contribution in [0.15, 0.2) is 12.7 Å². The first-order valence-corrected chi connectivity index (χ1v) is 6.09. The van der Waals surface area contributed by atoms with Crippen molar-refractivity contribution in [3.8, 4) is 0 Å². The van der Waals surface area contributed by atoms with Gasteiger partial charge in [0.15, 0.2) is 0 Å². The smallest absolute Gasteiger partial charge is 0.326 e. The van der Waals surface area contributed by atoms with E-state index in [0.29, 0.717) is 13.2 Å². The predicted molar refractivity (Wildman–Crippen MR) is 72.3 cm³/mol. The summed E-state index contributed by atoms with van der Waals surface area (Å²) in [4.78, 5) is 33.9. The van der Waals surface area contributed by atoms with Gasteiger partial charge in [-0.25, -0.2) is 9.59 Å². The van der Waals surface area contributed by atoms with E-state index in [1.165, 1.54) is 20.1 Å². The summed E-state index contributed by atoms with van der Waals surface area (Å²) in [5.74, 6) is -1.55. The van der Waals surface area contributed by atoms with Crippen molar-refractivity contribution in [3.05, 3.63) is 12.7 Å². The van der Waals surface area contributed by atoms with Crippen LogP contribution >= 0.6 is 0 Å². The fourth-order valence-corrected chi connectivity index (χ4v) is 1.28. The zero-order valence-corrected chi connectivity index (χ0v) is 11.6. The molecule has 3 amide bonds. The van der Waals surface area contributed by atoms with Gasteiger partial charge in [-0.3, -0.25) is 4.79 Å². The largest absolute Gasteiger partial charge is 0.480 e. The molecule has 0 aromatic rings. The molecule has 0 aliphatic carbocycles. The van der Waals surface area contributed by atoms with Gasteiger partial charge in [0.25, 0.3) is 0 Å². The maximum absolute atomic E-state index is 11.6. The monoisotopic (exact) mass is 287 g/mol. The summed E-state index contributed by atoms with van der Waals surface area (Å²) in [5, 5.41) is 16.0. The fraction of sp³-hybridized carbons (Fsp3) is 0.583. The molecule has 2 atom stereocenters. The van der Waals surface area contributed by atoms with Crippen molar-refractivity contribution in [1.29, 1.82) is 0 Å². The number of rotatable bonds is 9. The zero-order chi connectivity index (χ0) is 15.5. The number of aliphatic carboxylic acids is 1. The molecule has 0 aromatic heterocycles. The molecule has 0 bridgehead atoms. The van der Waals surface area contributed by atoms with Crippen molar-refractivity contribution >= 4 is 17.9 Å². The van der Waals surface area contributed by atoms with E-state index in [1.54, 1.807) is 0 Å². The molecule has 8 nitrogen and oxygen atoms in total. The molecular weight excluding hydrogens is 266 g/mol. The van der Waals surface area contributed by atoms with Gasteiger partial charge in [0.2, 0.25) is 5.91 Å². The molecule has 0 aliphatic heterocycles. The van der Waals surface area contributed by atoms with E-state index in [9.17, 15) is 14.4 Å². The number of carbonyl (C=O) groups excluding carboxylic acids is 2. The van der Waals surface area contributed by atoms with E-state index >= 15 is 0 Å². The average Bonchev–Trinajstić information content (AvgIpc) is 2.38. The molecule has 0 radical (unpaired) electrons. The second-order valence-electron chi connectivity index (χ2n) is 4.04. The van der Waals surface area contributed by atoms with Crippen molar-refractivity contribution in [3.63, 3.8) is 0 Å². The predicted octanol–water partition coefficient (Wildman–Crippen LogP) is -0.534. The van der Waals surface area contributed by atoms with E-state index < -0.39 is 24.1 Å². The first kappa shape index (κ1) is 17.9. The van der Waals surface area contributed by atoms with Crippen LogP contribution in [0.25, 0.3) is 0 Å². The topological polar surface area (TPSA) is 117 Å². The van der Waals surface area contributed by atoms with Crippen molar-refractivity contribution in [2.45, 2.75) is 25.4 Å². The average molecular weight is 287 g/mol. The van der Waals surface area contributed by atoms with Crippen molar-refractivity contribution < 1.29 is 24.2 Å². The van der Waals surface area contributed by atoms with E-state index in [4.69, 9.17) is 9.84 Å². The lowest BCUT2D eigenvalue weighted by atomic mass is 10.2. The van der Waals surface area contributed by atoms with Crippen LogP contribution in [-0.4, -0.2) is 55.4 Å². The van der Waals surface area contributed by atoms with Gasteiger partial charge < -0.3 is 25.8 Å². The highest BCUT2D eigenvalue weighted by atomic mass is 16.5. The number of carbonyl (C=O) groups is 3. The lowest BCUT2D eigenvalue weighted by Gasteiger charge is -2.17. The third kappa shape index (κ3) is 7.37. The molecule has 0 fully saturated rings. The Morgan fingerprint density at radius 2 is 2.00 bits per heavy atom. The van der Waals surface area contributed by atoms with Crippen LogP contribution in [0.1, 0.15) is 13.3 Å². The number of urea groups is 1. The Hall–Kier alpha value is -2.09. The van der Waals surface area contributed by atoms with Gasteiger partial charge in [0.1, 0.15) is 12.1 Å². The molecule has 0 spiro atoms. The van der Waals surface area contributed by atoms with E-state index in [0.717, 1.165) is 0 Å². The highest BCUT2D eigenvalue weighted by molar-refractivity contribution is 5.88. The summed E-state index contributed by atoms with van der Waals surface area (Å²) in [7, 11) is 1.51. The molecule has 0 heterocycles. The van der Waals surface area contributed by atoms with Crippen molar-refractivity contribution in [2.24, 2.45) is 0 Å². The first-order chi connectivity index (χ1) is 9.42. The summed E-state index contributed by atoms with van der Waals surface area (Å²) in [6.45, 7) is 5.60. The molecule has 8 heteroatoms. The molecule has 2 unspecified atom stereocenters. The maximum Gasteiger partial charge on any atom is 0.326 e. The van der Waals surface area contributed by atoms with E-state index in [-0.39, 0.29) is 12.3 Å². The van der Waals surface area contributed by atoms with Gasteiger partial charge in [-0.2, -0.15) is 0 Å². The molecule has 0 rings (SSSR count). The van der Waals surface area contributed by atoms with E-state index in [1.807, 2.05) is 0 Å². The van der Waals surface area contributed by atoms with Crippen LogP contribution in [-0.2, 0) is 14.3 Å². The molecule has 0 aromatic carbocycles. The molecule has 4 N–H and O–H groups in total. The van der Waals surface area contributed by atoms with Crippen LogP contribution in [0.5, 0.6) is 0 Å². The SMILES string of the molecule is C=CCC(NC(=O)NC(C)C(=O)NCCOC)C(=O)O. The Kier molecular flexibility index (Phi) is 8.77. The van der Waals surface area contributed by atoms with Crippen LogP contribution in [0.4, 0.5) is 4.79 Å². The van der Waals surface area contributed by atoms with Crippen molar-refractivity contribution in [2.75, 3.05) is 20.3 Å². The first-order valence-electron chi connectivity index (χ1n) is 6.09. The van der Waals surface area contributed by atoms with E-state index in [2.05, 4.69) is 22.5 Å². The summed E-state index contributed by atoms with van der Waals surface area (Å²) >= 11 is 0. The third-order valence-electron chi connectivity index (χ3n) is 2.35. The normalized spacial score (nSPS) is 12.9. The van der Waals surface area contributed by atoms with Crippen LogP contribution in [0.2, 0.25) is 0 Å². The van der Waals surface area contributed by atoms with Gasteiger partial charge in [0, 0.05) is 13.7 Å². The number of carboxylic acids is 1. The van der Waals surface area contributed by atoms with Crippen molar-refractivity contribution in [1.82, 2.24) is 16.0 Å². The summed E-state index contributed by atoms with van der Waals surface area (Å²) in [5.41, 5.74) is 0. The maximum atomic E-state index is 11.6. The minimum atomic E-state index is -1.17. The quantitative estimate of drug-likeness (QED) is 0.336. The molecule has 114 valence electrons. The Balaban J connectivity index is 4.20. The van der Waals surface area contributed by atoms with Gasteiger partial charge in [-0.1, -0.05) is 6.08 Å². The Morgan fingerprint density at radius 3 is 2.50 bits per heavy atom. The number of nitrogens with one attached hydrogen (secondary N) is 3. The van der Waals surface area contributed by atoms with Gasteiger partial charge in [-0.15, -0.1) is 6.58 Å². The second-order valence-corrected chi connectivity index (χ2v) is 4.04. The molecule has 0 saturated carbocycles. The lowest BCUT2D eigenvalue weighted by Crippen LogP contribution is -2.52. The second kappa shape index (κ2) is 9.79. The zero-order valence-electron chi connectivity index (χ0n) is 11.6. The van der Waals surface area contributed by atoms with Crippen LogP contribution in [0, 0.1) is 0 Å². The summed E-state index contributed by atoms with van der Waals surface area (Å²) in [6.07, 6.45) is 1.48. The number of hydrogen-bond acceptors (Lipinski definition) is 4. The molecule has 0 saturated heterocycles. The van der Waals surface area contributed by atoms with Gasteiger partial charge in [-0.05, 0) is 13.3 Å². The van der Waals surface area contributed by atoms with Crippen LogP contribution in [0.3, 0.4) is 0 Å². The highest BCUT2D eigenvalue weighted by Gasteiger charge is 2.21. The fourth-order valence-electron chi connectivity index (χ4n) is 1.28. The minimum absolute atomic E-state index is 0.0944. The number of methoxy groups -OCH3 is 1. The minimum Gasteiger partial charge on any atom is -0.480 e. The highest BCUT2D eigenvalue weighted by Crippen LogP contribution is 1.93. The number of ether oxygens (including phenoxy) is 1. The third-order valence-corrected chi connectivity index (χ3v) is 2.35. The Labute approximate surface area is 117 Å². The Bertz CT molecular complexity index is 359. The van der Waals surface area contributed by atoms with Gasteiger partial charge in [0.05, 0.1) is 6.61 Å². The number of amides is 3. The van der Waals surface area contributed by atoms with Gasteiger partial charge >= 0.3 is 12.0 Å². The number of hydrogen-bond donors (Lipinski definition) is 4. The summed E-state index contributed by atoms with van der Waals surface area (Å²) < 4.78 is 4.77. The standard InChI is InChI=1S/C12H21N3O5/c1-4-5-9(11(17)18)15-12(19)14-8(2)10(16)13-6-7-20-3/h4,8-9H,1,5-7H2,2-3H3,(H,13,16)(H,17,18)(H2,14,15,19). The Morgan fingerprint density at radius 1 is 1.35 bits per heavy atom. The van der Waals surface area contributed by atoms with Crippen LogP contribution < -0.4 is 16.0 Å². The molecular formula is C12H21N3O5. The lowest BCUT2D eigenvalue weighted by molar-refractivity contribution is -0.139. The molecule has 20 heavy (non-hydrogen) atoms. The molecule has 0 aliphatic rings. The number of carboxylic acid groups (broad SMARTS) is 1.